The van der Waals surface area contributed by atoms with Gasteiger partial charge in [-0.2, -0.15) is 0 Å². The first kappa shape index (κ1) is 15.6. The van der Waals surface area contributed by atoms with Crippen LogP contribution in [0.2, 0.25) is 0 Å². The molecule has 1 N–H and O–H groups in total. The number of amides is 1. The normalized spacial score (nSPS) is 12.9. The summed E-state index contributed by atoms with van der Waals surface area (Å²) in [5.41, 5.74) is 3.75. The van der Waals surface area contributed by atoms with Crippen LogP contribution in [-0.2, 0) is 11.2 Å². The Bertz CT molecular complexity index is 966. The summed E-state index contributed by atoms with van der Waals surface area (Å²) in [5, 5.41) is 3.84. The van der Waals surface area contributed by atoms with Gasteiger partial charge in [-0.1, -0.05) is 19.9 Å². The molecule has 0 radical (unpaired) electrons. The van der Waals surface area contributed by atoms with Crippen molar-refractivity contribution in [3.63, 3.8) is 0 Å². The summed E-state index contributed by atoms with van der Waals surface area (Å²) in [4.78, 5) is 21.2. The lowest BCUT2D eigenvalue weighted by Gasteiger charge is -2.12. The van der Waals surface area contributed by atoms with Crippen LogP contribution in [0.5, 0.6) is 5.75 Å². The van der Waals surface area contributed by atoms with Crippen LogP contribution >= 0.6 is 0 Å². The molecule has 0 saturated carbocycles. The first-order valence-electron chi connectivity index (χ1n) is 8.44. The lowest BCUT2D eigenvalue weighted by molar-refractivity contribution is -0.118. The van der Waals surface area contributed by atoms with Gasteiger partial charge in [0.2, 0.25) is 5.91 Å². The monoisotopic (exact) mass is 333 g/mol. The van der Waals surface area contributed by atoms with Gasteiger partial charge in [-0.15, -0.1) is 0 Å². The molecular formula is C20H19N3O2. The SMILES string of the molecule is CC(C)C(=O)Nc1cc2cccnc2c(-c2ccc3c(c2)CCO3)n1. The molecule has 126 valence electrons. The number of hydrogen-bond acceptors (Lipinski definition) is 4. The van der Waals surface area contributed by atoms with E-state index in [2.05, 4.69) is 21.4 Å². The smallest absolute Gasteiger partial charge is 0.228 e. The van der Waals surface area contributed by atoms with Gasteiger partial charge in [0.25, 0.3) is 0 Å². The number of aromatic nitrogens is 2. The highest BCUT2D eigenvalue weighted by Crippen LogP contribution is 2.33. The number of carbonyl (C=O) groups excluding carboxylic acids is 1. The molecule has 2 aromatic heterocycles. The molecule has 0 unspecified atom stereocenters. The highest BCUT2D eigenvalue weighted by Gasteiger charge is 2.16. The molecule has 0 atom stereocenters. The van der Waals surface area contributed by atoms with Gasteiger partial charge in [0, 0.05) is 29.5 Å². The van der Waals surface area contributed by atoms with Crippen LogP contribution in [0.1, 0.15) is 19.4 Å². The molecule has 5 heteroatoms. The zero-order valence-corrected chi connectivity index (χ0v) is 14.2. The van der Waals surface area contributed by atoms with Crippen LogP contribution in [0.15, 0.2) is 42.6 Å². The highest BCUT2D eigenvalue weighted by molar-refractivity contribution is 5.97. The summed E-state index contributed by atoms with van der Waals surface area (Å²) in [6, 6.07) is 11.8. The van der Waals surface area contributed by atoms with Crippen LogP contribution in [-0.4, -0.2) is 22.5 Å². The summed E-state index contributed by atoms with van der Waals surface area (Å²) in [6.07, 6.45) is 2.66. The second kappa shape index (κ2) is 6.16. The number of benzene rings is 1. The zero-order chi connectivity index (χ0) is 17.4. The van der Waals surface area contributed by atoms with Crippen molar-refractivity contribution < 1.29 is 9.53 Å². The van der Waals surface area contributed by atoms with E-state index in [1.165, 1.54) is 5.56 Å². The number of ether oxygens (including phenoxy) is 1. The predicted octanol–water partition coefficient (Wildman–Crippen LogP) is 3.83. The summed E-state index contributed by atoms with van der Waals surface area (Å²) < 4.78 is 5.59. The van der Waals surface area contributed by atoms with Gasteiger partial charge in [0.1, 0.15) is 11.6 Å². The van der Waals surface area contributed by atoms with E-state index < -0.39 is 0 Å². The molecule has 1 amide bonds. The van der Waals surface area contributed by atoms with Crippen molar-refractivity contribution in [2.75, 3.05) is 11.9 Å². The molecule has 3 aromatic rings. The Morgan fingerprint density at radius 3 is 2.96 bits per heavy atom. The maximum atomic E-state index is 12.1. The minimum absolute atomic E-state index is 0.0518. The van der Waals surface area contributed by atoms with Crippen molar-refractivity contribution in [3.8, 4) is 17.0 Å². The number of nitrogens with zero attached hydrogens (tertiary/aromatic N) is 2. The fourth-order valence-corrected chi connectivity index (χ4v) is 2.95. The molecule has 3 heterocycles. The third kappa shape index (κ3) is 2.93. The lowest BCUT2D eigenvalue weighted by Crippen LogP contribution is -2.18. The Morgan fingerprint density at radius 2 is 2.12 bits per heavy atom. The summed E-state index contributed by atoms with van der Waals surface area (Å²) in [7, 11) is 0. The van der Waals surface area contributed by atoms with E-state index in [-0.39, 0.29) is 11.8 Å². The number of pyridine rings is 2. The fourth-order valence-electron chi connectivity index (χ4n) is 2.95. The molecule has 25 heavy (non-hydrogen) atoms. The summed E-state index contributed by atoms with van der Waals surface area (Å²) in [5.74, 6) is 1.33. The lowest BCUT2D eigenvalue weighted by atomic mass is 10.0. The minimum atomic E-state index is -0.105. The third-order valence-corrected chi connectivity index (χ3v) is 4.33. The molecule has 0 aliphatic carbocycles. The fraction of sp³-hybridized carbons (Fsp3) is 0.250. The Balaban J connectivity index is 1.85. The molecule has 1 aliphatic heterocycles. The van der Waals surface area contributed by atoms with Crippen molar-refractivity contribution in [1.29, 1.82) is 0 Å². The van der Waals surface area contributed by atoms with E-state index in [0.29, 0.717) is 5.82 Å². The molecular weight excluding hydrogens is 314 g/mol. The Morgan fingerprint density at radius 1 is 1.24 bits per heavy atom. The van der Waals surface area contributed by atoms with Gasteiger partial charge < -0.3 is 10.1 Å². The largest absolute Gasteiger partial charge is 0.493 e. The van der Waals surface area contributed by atoms with Gasteiger partial charge in [-0.05, 0) is 35.9 Å². The first-order valence-corrected chi connectivity index (χ1v) is 8.44. The molecule has 1 aromatic carbocycles. The molecule has 5 nitrogen and oxygen atoms in total. The first-order chi connectivity index (χ1) is 12.1. The van der Waals surface area contributed by atoms with Crippen molar-refractivity contribution >= 4 is 22.6 Å². The van der Waals surface area contributed by atoms with E-state index in [1.807, 2.05) is 44.2 Å². The number of carbonyl (C=O) groups is 1. The topological polar surface area (TPSA) is 64.1 Å². The Labute approximate surface area is 146 Å². The average Bonchev–Trinajstić information content (AvgIpc) is 3.08. The van der Waals surface area contributed by atoms with Gasteiger partial charge in [-0.25, -0.2) is 4.98 Å². The molecule has 0 spiro atoms. The van der Waals surface area contributed by atoms with Gasteiger partial charge in [-0.3, -0.25) is 9.78 Å². The van der Waals surface area contributed by atoms with Gasteiger partial charge in [0.05, 0.1) is 17.8 Å². The van der Waals surface area contributed by atoms with Gasteiger partial charge >= 0.3 is 0 Å². The van der Waals surface area contributed by atoms with Crippen LogP contribution in [0.25, 0.3) is 22.2 Å². The van der Waals surface area contributed by atoms with E-state index in [1.54, 1.807) is 6.20 Å². The van der Waals surface area contributed by atoms with Crippen LogP contribution in [0, 0.1) is 5.92 Å². The quantitative estimate of drug-likeness (QED) is 0.791. The zero-order valence-electron chi connectivity index (χ0n) is 14.2. The number of nitrogens with one attached hydrogen (secondary N) is 1. The Kier molecular flexibility index (Phi) is 3.84. The van der Waals surface area contributed by atoms with E-state index in [0.717, 1.165) is 40.9 Å². The number of hydrogen-bond donors (Lipinski definition) is 1. The van der Waals surface area contributed by atoms with Crippen molar-refractivity contribution in [2.24, 2.45) is 5.92 Å². The van der Waals surface area contributed by atoms with Crippen molar-refractivity contribution in [2.45, 2.75) is 20.3 Å². The predicted molar refractivity (Wildman–Crippen MR) is 97.6 cm³/mol. The highest BCUT2D eigenvalue weighted by atomic mass is 16.5. The molecule has 0 fully saturated rings. The summed E-state index contributed by atoms with van der Waals surface area (Å²) >= 11 is 0. The average molecular weight is 333 g/mol. The van der Waals surface area contributed by atoms with Crippen LogP contribution in [0.3, 0.4) is 0 Å². The molecule has 1 aliphatic rings. The number of rotatable bonds is 3. The number of anilines is 1. The standard InChI is InChI=1S/C20H19N3O2/c1-12(2)20(24)23-17-11-14-4-3-8-21-18(14)19(22-17)15-5-6-16-13(10-15)7-9-25-16/h3-6,8,10-12H,7,9H2,1-2H3,(H,22,23,24). The van der Waals surface area contributed by atoms with E-state index in [4.69, 9.17) is 4.74 Å². The van der Waals surface area contributed by atoms with Crippen LogP contribution < -0.4 is 10.1 Å². The maximum Gasteiger partial charge on any atom is 0.228 e. The van der Waals surface area contributed by atoms with Gasteiger partial charge in [0.15, 0.2) is 0 Å². The second-order valence-corrected chi connectivity index (χ2v) is 6.50. The molecule has 0 bridgehead atoms. The molecule has 4 rings (SSSR count). The summed E-state index contributed by atoms with van der Waals surface area (Å²) in [6.45, 7) is 4.44. The second-order valence-electron chi connectivity index (χ2n) is 6.50. The third-order valence-electron chi connectivity index (χ3n) is 4.33. The van der Waals surface area contributed by atoms with Crippen LogP contribution in [0.4, 0.5) is 5.82 Å². The maximum absolute atomic E-state index is 12.1. The van der Waals surface area contributed by atoms with E-state index in [9.17, 15) is 4.79 Å². The molecule has 0 saturated heterocycles. The van der Waals surface area contributed by atoms with Crippen molar-refractivity contribution in [1.82, 2.24) is 9.97 Å². The number of fused-ring (bicyclic) bond motifs is 2. The van der Waals surface area contributed by atoms with Crippen molar-refractivity contribution in [3.05, 3.63) is 48.2 Å². The Hall–Kier alpha value is -2.95. The van der Waals surface area contributed by atoms with E-state index >= 15 is 0 Å². The minimum Gasteiger partial charge on any atom is -0.493 e.